The maximum atomic E-state index is 12.7. The van der Waals surface area contributed by atoms with E-state index in [1.807, 2.05) is 6.92 Å². The number of carbonyl (C=O) groups is 1. The highest BCUT2D eigenvalue weighted by atomic mass is 35.5. The topological polar surface area (TPSA) is 92.7 Å². The number of anilines is 1. The van der Waals surface area contributed by atoms with Crippen LogP contribution in [-0.4, -0.2) is 26.6 Å². The van der Waals surface area contributed by atoms with Crippen LogP contribution in [0.5, 0.6) is 5.75 Å². The molecule has 8 heteroatoms. The van der Waals surface area contributed by atoms with E-state index in [1.54, 1.807) is 18.2 Å². The number of ether oxygens (including phenoxy) is 1. The predicted molar refractivity (Wildman–Crippen MR) is 91.3 cm³/mol. The number of benzene rings is 2. The molecular formula is C16H16ClNO5S. The third kappa shape index (κ3) is 4.18. The van der Waals surface area contributed by atoms with Gasteiger partial charge in [0.15, 0.2) is 0 Å². The van der Waals surface area contributed by atoms with Crippen LogP contribution in [0.3, 0.4) is 0 Å². The molecule has 0 spiro atoms. The Kier molecular flexibility index (Phi) is 5.36. The molecule has 2 aromatic rings. The SMILES string of the molecule is COc1ccc(CC(=O)O)cc1S(=O)(=O)Nc1ccc(C)cc1Cl. The van der Waals surface area contributed by atoms with Gasteiger partial charge in [0.1, 0.15) is 10.6 Å². The van der Waals surface area contributed by atoms with E-state index in [2.05, 4.69) is 4.72 Å². The average molecular weight is 370 g/mol. The van der Waals surface area contributed by atoms with Crippen LogP contribution in [0.4, 0.5) is 5.69 Å². The fraction of sp³-hybridized carbons (Fsp3) is 0.188. The van der Waals surface area contributed by atoms with Gasteiger partial charge in [-0.05, 0) is 42.3 Å². The summed E-state index contributed by atoms with van der Waals surface area (Å²) in [4.78, 5) is 10.7. The van der Waals surface area contributed by atoms with Gasteiger partial charge >= 0.3 is 5.97 Å². The van der Waals surface area contributed by atoms with E-state index in [4.69, 9.17) is 21.4 Å². The molecule has 2 aromatic carbocycles. The third-order valence-electron chi connectivity index (χ3n) is 3.24. The summed E-state index contributed by atoms with van der Waals surface area (Å²) >= 11 is 6.06. The standard InChI is InChI=1S/C16H16ClNO5S/c1-10-3-5-13(12(17)7-10)18-24(21,22)15-8-11(9-16(19)20)4-6-14(15)23-2/h3-8,18H,9H2,1-2H3,(H,19,20). The van der Waals surface area contributed by atoms with E-state index in [9.17, 15) is 13.2 Å². The minimum atomic E-state index is -4.00. The molecule has 2 N–H and O–H groups in total. The lowest BCUT2D eigenvalue weighted by Gasteiger charge is -2.14. The van der Waals surface area contributed by atoms with Gasteiger partial charge in [0, 0.05) is 0 Å². The number of rotatable bonds is 6. The van der Waals surface area contributed by atoms with E-state index < -0.39 is 16.0 Å². The lowest BCUT2D eigenvalue weighted by molar-refractivity contribution is -0.136. The number of hydrogen-bond donors (Lipinski definition) is 2. The Morgan fingerprint density at radius 2 is 1.96 bits per heavy atom. The van der Waals surface area contributed by atoms with Gasteiger partial charge in [0.05, 0.1) is 24.2 Å². The summed E-state index contributed by atoms with van der Waals surface area (Å²) in [6, 6.07) is 9.12. The average Bonchev–Trinajstić information content (AvgIpc) is 2.49. The molecule has 0 saturated heterocycles. The van der Waals surface area contributed by atoms with E-state index in [-0.39, 0.29) is 27.8 Å². The quantitative estimate of drug-likeness (QED) is 0.816. The molecule has 0 aromatic heterocycles. The highest BCUT2D eigenvalue weighted by Crippen LogP contribution is 2.30. The number of aryl methyl sites for hydroxylation is 1. The number of halogens is 1. The normalized spacial score (nSPS) is 11.1. The summed E-state index contributed by atoms with van der Waals surface area (Å²) in [6.07, 6.45) is -0.294. The molecule has 0 aliphatic rings. The van der Waals surface area contributed by atoms with Crippen LogP contribution in [0, 0.1) is 6.92 Å². The summed E-state index contributed by atoms with van der Waals surface area (Å²) < 4.78 is 32.8. The maximum Gasteiger partial charge on any atom is 0.307 e. The fourth-order valence-electron chi connectivity index (χ4n) is 2.12. The first-order chi connectivity index (χ1) is 11.2. The first-order valence-electron chi connectivity index (χ1n) is 6.90. The molecule has 0 unspecified atom stereocenters. The van der Waals surface area contributed by atoms with Gasteiger partial charge in [0.2, 0.25) is 0 Å². The largest absolute Gasteiger partial charge is 0.495 e. The van der Waals surface area contributed by atoms with Crippen molar-refractivity contribution in [3.63, 3.8) is 0 Å². The maximum absolute atomic E-state index is 12.7. The van der Waals surface area contributed by atoms with Crippen molar-refractivity contribution in [3.8, 4) is 5.75 Å². The molecular weight excluding hydrogens is 354 g/mol. The number of sulfonamides is 1. The second-order valence-corrected chi connectivity index (χ2v) is 7.20. The first-order valence-corrected chi connectivity index (χ1v) is 8.76. The van der Waals surface area contributed by atoms with Gasteiger partial charge in [-0.25, -0.2) is 8.42 Å². The van der Waals surface area contributed by atoms with Gasteiger partial charge in [-0.1, -0.05) is 23.7 Å². The molecule has 0 heterocycles. The number of carboxylic acid groups (broad SMARTS) is 1. The zero-order valence-electron chi connectivity index (χ0n) is 13.0. The summed E-state index contributed by atoms with van der Waals surface area (Å²) in [6.45, 7) is 1.84. The Labute approximate surface area is 145 Å². The molecule has 0 bridgehead atoms. The van der Waals surface area contributed by atoms with Gasteiger partial charge in [0.25, 0.3) is 10.0 Å². The van der Waals surface area contributed by atoms with E-state index in [0.29, 0.717) is 5.56 Å². The van der Waals surface area contributed by atoms with Crippen LogP contribution < -0.4 is 9.46 Å². The highest BCUT2D eigenvalue weighted by Gasteiger charge is 2.21. The molecule has 0 aliphatic carbocycles. The number of hydrogen-bond acceptors (Lipinski definition) is 4. The van der Waals surface area contributed by atoms with Crippen LogP contribution in [0.25, 0.3) is 0 Å². The lowest BCUT2D eigenvalue weighted by atomic mass is 10.1. The molecule has 0 amide bonds. The van der Waals surface area contributed by atoms with Crippen molar-refractivity contribution in [2.24, 2.45) is 0 Å². The Morgan fingerprint density at radius 3 is 2.54 bits per heavy atom. The van der Waals surface area contributed by atoms with Crippen LogP contribution in [0.2, 0.25) is 5.02 Å². The van der Waals surface area contributed by atoms with Crippen molar-refractivity contribution in [1.29, 1.82) is 0 Å². The van der Waals surface area contributed by atoms with Crippen molar-refractivity contribution < 1.29 is 23.1 Å². The summed E-state index contributed by atoms with van der Waals surface area (Å²) in [5, 5.41) is 9.13. The second-order valence-electron chi connectivity index (χ2n) is 5.14. The van der Waals surface area contributed by atoms with Gasteiger partial charge in [-0.2, -0.15) is 0 Å². The number of aliphatic carboxylic acids is 1. The first kappa shape index (κ1) is 18.1. The van der Waals surface area contributed by atoms with Crippen LogP contribution >= 0.6 is 11.6 Å². The Balaban J connectivity index is 2.45. The molecule has 0 radical (unpaired) electrons. The van der Waals surface area contributed by atoms with E-state index >= 15 is 0 Å². The van der Waals surface area contributed by atoms with Crippen molar-refractivity contribution >= 4 is 33.3 Å². The monoisotopic (exact) mass is 369 g/mol. The van der Waals surface area contributed by atoms with Gasteiger partial charge in [-0.3, -0.25) is 9.52 Å². The third-order valence-corrected chi connectivity index (χ3v) is 4.94. The molecule has 0 aliphatic heterocycles. The van der Waals surface area contributed by atoms with Crippen molar-refractivity contribution in [3.05, 3.63) is 52.5 Å². The van der Waals surface area contributed by atoms with E-state index in [1.165, 1.54) is 25.3 Å². The fourth-order valence-corrected chi connectivity index (χ4v) is 3.76. The molecule has 0 atom stereocenters. The van der Waals surface area contributed by atoms with Crippen molar-refractivity contribution in [2.75, 3.05) is 11.8 Å². The second kappa shape index (κ2) is 7.11. The number of methoxy groups -OCH3 is 1. The predicted octanol–water partition coefficient (Wildman–Crippen LogP) is 3.08. The van der Waals surface area contributed by atoms with Crippen LogP contribution in [0.15, 0.2) is 41.3 Å². The van der Waals surface area contributed by atoms with Crippen molar-refractivity contribution in [1.82, 2.24) is 0 Å². The molecule has 0 fully saturated rings. The summed E-state index contributed by atoms with van der Waals surface area (Å²) in [7, 11) is -2.66. The molecule has 0 saturated carbocycles. The Hall–Kier alpha value is -2.25. The molecule has 128 valence electrons. The minimum Gasteiger partial charge on any atom is -0.495 e. The summed E-state index contributed by atoms with van der Waals surface area (Å²) in [5.74, 6) is -0.946. The molecule has 2 rings (SSSR count). The highest BCUT2D eigenvalue weighted by molar-refractivity contribution is 7.92. The smallest absolute Gasteiger partial charge is 0.307 e. The van der Waals surface area contributed by atoms with E-state index in [0.717, 1.165) is 5.56 Å². The lowest BCUT2D eigenvalue weighted by Crippen LogP contribution is -2.15. The Morgan fingerprint density at radius 1 is 1.25 bits per heavy atom. The van der Waals surface area contributed by atoms with Gasteiger partial charge in [-0.15, -0.1) is 0 Å². The number of carboxylic acids is 1. The van der Waals surface area contributed by atoms with Gasteiger partial charge < -0.3 is 9.84 Å². The summed E-state index contributed by atoms with van der Waals surface area (Å²) in [5.41, 5.74) is 1.47. The number of nitrogens with one attached hydrogen (secondary N) is 1. The molecule has 6 nitrogen and oxygen atoms in total. The Bertz CT molecular complexity index is 880. The zero-order chi connectivity index (χ0) is 17.9. The minimum absolute atomic E-state index is 0.111. The van der Waals surface area contributed by atoms with Crippen LogP contribution in [0.1, 0.15) is 11.1 Å². The van der Waals surface area contributed by atoms with Crippen molar-refractivity contribution in [2.45, 2.75) is 18.2 Å². The molecule has 24 heavy (non-hydrogen) atoms. The zero-order valence-corrected chi connectivity index (χ0v) is 14.6. The van der Waals surface area contributed by atoms with Crippen LogP contribution in [-0.2, 0) is 21.2 Å².